The lowest BCUT2D eigenvalue weighted by atomic mass is 10.1. The molecule has 0 bridgehead atoms. The van der Waals surface area contributed by atoms with Crippen LogP contribution in [0.15, 0.2) is 56.5 Å². The third-order valence-corrected chi connectivity index (χ3v) is 4.99. The standard InChI is InChI=1S/C20H18Br2N4O/c1-11-4-6-14(7-5-11)13(3)25-26-18-8-12(2)23-20(24-18)16-9-15(21)10-17(22)19(16)27/h4-10,27H,1-3H3,(H,23,24,26). The van der Waals surface area contributed by atoms with Gasteiger partial charge in [-0.1, -0.05) is 45.8 Å². The van der Waals surface area contributed by atoms with Crippen LogP contribution in [0.3, 0.4) is 0 Å². The van der Waals surface area contributed by atoms with Gasteiger partial charge in [-0.3, -0.25) is 5.43 Å². The van der Waals surface area contributed by atoms with E-state index in [9.17, 15) is 5.11 Å². The van der Waals surface area contributed by atoms with Gasteiger partial charge in [0.25, 0.3) is 0 Å². The zero-order valence-electron chi connectivity index (χ0n) is 15.1. The van der Waals surface area contributed by atoms with Gasteiger partial charge in [-0.05, 0) is 54.4 Å². The summed E-state index contributed by atoms with van der Waals surface area (Å²) in [5, 5.41) is 14.8. The number of nitrogens with one attached hydrogen (secondary N) is 1. The summed E-state index contributed by atoms with van der Waals surface area (Å²) in [4.78, 5) is 8.94. The quantitative estimate of drug-likeness (QED) is 0.357. The summed E-state index contributed by atoms with van der Waals surface area (Å²) in [6, 6.07) is 13.5. The maximum atomic E-state index is 10.4. The Morgan fingerprint density at radius 1 is 1.04 bits per heavy atom. The summed E-state index contributed by atoms with van der Waals surface area (Å²) in [6.07, 6.45) is 0. The monoisotopic (exact) mass is 488 g/mol. The van der Waals surface area contributed by atoms with Gasteiger partial charge >= 0.3 is 0 Å². The van der Waals surface area contributed by atoms with Crippen molar-refractivity contribution in [3.8, 4) is 17.1 Å². The smallest absolute Gasteiger partial charge is 0.165 e. The van der Waals surface area contributed by atoms with Crippen LogP contribution in [0.2, 0.25) is 0 Å². The van der Waals surface area contributed by atoms with Crippen molar-refractivity contribution in [1.29, 1.82) is 0 Å². The van der Waals surface area contributed by atoms with Crippen LogP contribution >= 0.6 is 31.9 Å². The Labute approximate surface area is 174 Å². The number of aromatic nitrogens is 2. The number of hydrazone groups is 1. The van der Waals surface area contributed by atoms with E-state index in [1.165, 1.54) is 5.56 Å². The molecule has 0 amide bonds. The summed E-state index contributed by atoms with van der Waals surface area (Å²) in [7, 11) is 0. The first kappa shape index (κ1) is 19.5. The number of nitrogens with zero attached hydrogens (tertiary/aromatic N) is 3. The second-order valence-electron chi connectivity index (χ2n) is 6.18. The minimum absolute atomic E-state index is 0.0917. The first-order valence-corrected chi connectivity index (χ1v) is 9.83. The SMILES string of the molecule is CC(=NNc1cc(C)nc(-c2cc(Br)cc(Br)c2O)n1)c1ccc(C)cc1. The van der Waals surface area contributed by atoms with Gasteiger partial charge in [-0.15, -0.1) is 0 Å². The molecule has 0 fully saturated rings. The van der Waals surface area contributed by atoms with Gasteiger partial charge in [-0.2, -0.15) is 5.10 Å². The maximum Gasteiger partial charge on any atom is 0.165 e. The predicted octanol–water partition coefficient (Wildman–Crippen LogP) is 5.83. The summed E-state index contributed by atoms with van der Waals surface area (Å²) in [5.41, 5.74) is 7.37. The van der Waals surface area contributed by atoms with Crippen LogP contribution in [-0.4, -0.2) is 20.8 Å². The molecule has 1 aromatic heterocycles. The summed E-state index contributed by atoms with van der Waals surface area (Å²) in [6.45, 7) is 5.86. The number of rotatable bonds is 4. The van der Waals surface area contributed by atoms with Crippen LogP contribution in [-0.2, 0) is 0 Å². The molecule has 0 radical (unpaired) electrons. The van der Waals surface area contributed by atoms with E-state index >= 15 is 0 Å². The Morgan fingerprint density at radius 3 is 2.44 bits per heavy atom. The third kappa shape index (κ3) is 4.73. The Kier molecular flexibility index (Phi) is 5.92. The minimum Gasteiger partial charge on any atom is -0.506 e. The van der Waals surface area contributed by atoms with Crippen molar-refractivity contribution < 1.29 is 5.11 Å². The molecule has 0 aliphatic rings. The number of anilines is 1. The number of halogens is 2. The molecular formula is C20H18Br2N4O. The lowest BCUT2D eigenvalue weighted by molar-refractivity contribution is 0.473. The number of hydrogen-bond acceptors (Lipinski definition) is 5. The molecule has 3 rings (SSSR count). The molecule has 0 atom stereocenters. The molecule has 0 saturated carbocycles. The lowest BCUT2D eigenvalue weighted by Gasteiger charge is -2.09. The van der Waals surface area contributed by atoms with Crippen LogP contribution in [0.1, 0.15) is 23.7 Å². The summed E-state index contributed by atoms with van der Waals surface area (Å²) >= 11 is 6.77. The summed E-state index contributed by atoms with van der Waals surface area (Å²) < 4.78 is 1.38. The van der Waals surface area contributed by atoms with Gasteiger partial charge in [0.15, 0.2) is 11.6 Å². The zero-order chi connectivity index (χ0) is 19.6. The second-order valence-corrected chi connectivity index (χ2v) is 7.95. The molecule has 3 aromatic rings. The molecule has 138 valence electrons. The Balaban J connectivity index is 1.92. The lowest BCUT2D eigenvalue weighted by Crippen LogP contribution is -2.03. The Bertz CT molecular complexity index is 1020. The van der Waals surface area contributed by atoms with Crippen LogP contribution in [0.5, 0.6) is 5.75 Å². The van der Waals surface area contributed by atoms with E-state index in [4.69, 9.17) is 0 Å². The fourth-order valence-corrected chi connectivity index (χ4v) is 3.71. The molecule has 27 heavy (non-hydrogen) atoms. The first-order chi connectivity index (χ1) is 12.8. The Morgan fingerprint density at radius 2 is 1.74 bits per heavy atom. The highest BCUT2D eigenvalue weighted by Gasteiger charge is 2.13. The van der Waals surface area contributed by atoms with Gasteiger partial charge in [-0.25, -0.2) is 9.97 Å². The van der Waals surface area contributed by atoms with E-state index in [0.717, 1.165) is 21.4 Å². The average molecular weight is 490 g/mol. The van der Waals surface area contributed by atoms with Gasteiger partial charge in [0.05, 0.1) is 15.7 Å². The fraction of sp³-hybridized carbons (Fsp3) is 0.150. The van der Waals surface area contributed by atoms with Crippen LogP contribution in [0.25, 0.3) is 11.4 Å². The van der Waals surface area contributed by atoms with Crippen LogP contribution in [0, 0.1) is 13.8 Å². The highest BCUT2D eigenvalue weighted by Crippen LogP contribution is 2.37. The molecule has 7 heteroatoms. The van der Waals surface area contributed by atoms with Crippen molar-refractivity contribution in [1.82, 2.24) is 9.97 Å². The largest absolute Gasteiger partial charge is 0.506 e. The molecule has 0 unspecified atom stereocenters. The van der Waals surface area contributed by atoms with Gasteiger partial charge in [0, 0.05) is 16.2 Å². The molecule has 0 spiro atoms. The Hall–Kier alpha value is -2.25. The van der Waals surface area contributed by atoms with Crippen molar-refractivity contribution >= 4 is 43.4 Å². The maximum absolute atomic E-state index is 10.4. The number of aromatic hydroxyl groups is 1. The molecule has 2 aromatic carbocycles. The van der Waals surface area contributed by atoms with E-state index in [1.54, 1.807) is 18.2 Å². The number of hydrogen-bond donors (Lipinski definition) is 2. The number of benzene rings is 2. The van der Waals surface area contributed by atoms with Crippen molar-refractivity contribution in [2.45, 2.75) is 20.8 Å². The molecule has 0 aliphatic carbocycles. The molecule has 2 N–H and O–H groups in total. The van der Waals surface area contributed by atoms with Gasteiger partial charge < -0.3 is 5.11 Å². The third-order valence-electron chi connectivity index (χ3n) is 3.93. The van der Waals surface area contributed by atoms with Gasteiger partial charge in [0.2, 0.25) is 0 Å². The van der Waals surface area contributed by atoms with E-state index in [0.29, 0.717) is 21.7 Å². The summed E-state index contributed by atoms with van der Waals surface area (Å²) in [5.74, 6) is 1.06. The zero-order valence-corrected chi connectivity index (χ0v) is 18.3. The highest BCUT2D eigenvalue weighted by atomic mass is 79.9. The van der Waals surface area contributed by atoms with E-state index in [1.807, 2.05) is 26.0 Å². The molecule has 5 nitrogen and oxygen atoms in total. The van der Waals surface area contributed by atoms with Crippen LogP contribution in [0.4, 0.5) is 5.82 Å². The van der Waals surface area contributed by atoms with E-state index < -0.39 is 0 Å². The molecule has 1 heterocycles. The number of aryl methyl sites for hydroxylation is 2. The second kappa shape index (κ2) is 8.19. The predicted molar refractivity (Wildman–Crippen MR) is 116 cm³/mol. The van der Waals surface area contributed by atoms with Crippen molar-refractivity contribution in [3.63, 3.8) is 0 Å². The fourth-order valence-electron chi connectivity index (χ4n) is 2.48. The van der Waals surface area contributed by atoms with E-state index in [2.05, 4.69) is 71.4 Å². The van der Waals surface area contributed by atoms with Gasteiger partial charge in [0.1, 0.15) is 5.75 Å². The van der Waals surface area contributed by atoms with Crippen molar-refractivity contribution in [2.24, 2.45) is 5.10 Å². The van der Waals surface area contributed by atoms with E-state index in [-0.39, 0.29) is 5.75 Å². The average Bonchev–Trinajstić information content (AvgIpc) is 2.63. The van der Waals surface area contributed by atoms with Crippen LogP contribution < -0.4 is 5.43 Å². The topological polar surface area (TPSA) is 70.4 Å². The van der Waals surface area contributed by atoms with Crippen molar-refractivity contribution in [3.05, 3.63) is 68.2 Å². The molecule has 0 aliphatic heterocycles. The molecular weight excluding hydrogens is 472 g/mol. The normalized spacial score (nSPS) is 11.5. The number of phenols is 1. The minimum atomic E-state index is 0.0917. The highest BCUT2D eigenvalue weighted by molar-refractivity contribution is 9.11. The van der Waals surface area contributed by atoms with Crippen molar-refractivity contribution in [2.75, 3.05) is 5.43 Å². The molecule has 0 saturated heterocycles. The number of phenolic OH excluding ortho intramolecular Hbond substituents is 1. The first-order valence-electron chi connectivity index (χ1n) is 8.25.